The van der Waals surface area contributed by atoms with Crippen LogP contribution in [0.15, 0.2) is 12.2 Å². The summed E-state index contributed by atoms with van der Waals surface area (Å²) >= 11 is 0. The second-order valence-corrected chi connectivity index (χ2v) is 16.7. The Bertz CT molecular complexity index is 1350. The normalized spacial score (nSPS) is 35.9. The number of nitrogens with two attached hydrogens (primary N) is 1. The third kappa shape index (κ3) is 15.8. The average molecular weight is 915 g/mol. The number of carbonyl (C=O) groups excluding carboxylic acids is 1. The van der Waals surface area contributed by atoms with Crippen LogP contribution in [0.3, 0.4) is 0 Å². The van der Waals surface area contributed by atoms with Crippen LogP contribution in [-0.4, -0.2) is 209 Å². The van der Waals surface area contributed by atoms with E-state index in [2.05, 4.69) is 12.2 Å². The quantitative estimate of drug-likeness (QED) is 0.0271. The van der Waals surface area contributed by atoms with E-state index in [-0.39, 0.29) is 6.61 Å². The molecule has 7 unspecified atom stereocenters. The van der Waals surface area contributed by atoms with Crippen molar-refractivity contribution in [1.29, 1.82) is 0 Å². The minimum absolute atomic E-state index is 0.355. The Morgan fingerprint density at radius 1 is 0.810 bits per heavy atom. The molecule has 3 aliphatic heterocycles. The highest BCUT2D eigenvalue weighted by Gasteiger charge is 2.60. The van der Waals surface area contributed by atoms with E-state index >= 15 is 0 Å². The predicted octanol–water partition coefficient (Wildman–Crippen LogP) is -3.25. The molecule has 1 amide bonds. The molecule has 22 heteroatoms. The van der Waals surface area contributed by atoms with Crippen molar-refractivity contribution in [1.82, 2.24) is 5.32 Å². The SMILES string of the molecule is CCCCCCCCCCCCC/C=C/[C@@H](O)[C@@H](N)CO[C@@H]1OC(CO)[C@H](O[C@@H]2OC(CO)[C@H](O)C(O[C@]3(C(=O)O)C[C@@H](O)[C@@H](NC(C)=O)C([C@H](O)[C@H](O)CO)O3)C2O)C(O)C1O. The van der Waals surface area contributed by atoms with Crippen LogP contribution in [0.5, 0.6) is 0 Å². The van der Waals surface area contributed by atoms with Crippen molar-refractivity contribution in [2.45, 2.75) is 207 Å². The third-order valence-electron chi connectivity index (χ3n) is 11.6. The Hall–Kier alpha value is -2.04. The molecule has 15 N–H and O–H groups in total. The number of unbranched alkanes of at least 4 members (excludes halogenated alkanes) is 11. The van der Waals surface area contributed by atoms with Gasteiger partial charge in [-0.3, -0.25) is 4.79 Å². The Morgan fingerprint density at radius 3 is 1.95 bits per heavy atom. The number of carboxylic acid groups (broad SMARTS) is 1. The number of hydrogen-bond donors (Lipinski definition) is 14. The van der Waals surface area contributed by atoms with Crippen molar-refractivity contribution >= 4 is 11.9 Å². The molecule has 0 spiro atoms. The first-order valence-corrected chi connectivity index (χ1v) is 22.1. The van der Waals surface area contributed by atoms with Crippen molar-refractivity contribution in [3.05, 3.63) is 12.2 Å². The largest absolute Gasteiger partial charge is 0.477 e. The molecule has 63 heavy (non-hydrogen) atoms. The molecular formula is C41H74N2O20. The van der Waals surface area contributed by atoms with Gasteiger partial charge in [0, 0.05) is 13.3 Å². The summed E-state index contributed by atoms with van der Waals surface area (Å²) in [4.78, 5) is 24.7. The molecule has 18 atom stereocenters. The summed E-state index contributed by atoms with van der Waals surface area (Å²) in [5.74, 6) is -5.78. The highest BCUT2D eigenvalue weighted by Crippen LogP contribution is 2.38. The molecule has 22 nitrogen and oxygen atoms in total. The molecule has 0 bridgehead atoms. The van der Waals surface area contributed by atoms with Gasteiger partial charge in [0.1, 0.15) is 67.1 Å². The lowest BCUT2D eigenvalue weighted by Crippen LogP contribution is -2.70. The van der Waals surface area contributed by atoms with Gasteiger partial charge in [0.15, 0.2) is 12.6 Å². The van der Waals surface area contributed by atoms with Crippen molar-refractivity contribution in [3.8, 4) is 0 Å². The van der Waals surface area contributed by atoms with Gasteiger partial charge in [0.2, 0.25) is 5.91 Å². The van der Waals surface area contributed by atoms with E-state index in [1.165, 1.54) is 51.4 Å². The Morgan fingerprint density at radius 2 is 1.40 bits per heavy atom. The van der Waals surface area contributed by atoms with Crippen LogP contribution in [0.2, 0.25) is 0 Å². The van der Waals surface area contributed by atoms with Crippen LogP contribution < -0.4 is 11.1 Å². The predicted molar refractivity (Wildman–Crippen MR) is 218 cm³/mol. The molecule has 3 saturated heterocycles. The maximum absolute atomic E-state index is 12.8. The van der Waals surface area contributed by atoms with E-state index in [4.69, 9.17) is 34.2 Å². The number of carboxylic acids is 1. The molecular weight excluding hydrogens is 840 g/mol. The Labute approximate surface area is 367 Å². The number of rotatable bonds is 28. The first-order chi connectivity index (χ1) is 30.0. The minimum Gasteiger partial charge on any atom is -0.477 e. The fourth-order valence-electron chi connectivity index (χ4n) is 7.90. The lowest BCUT2D eigenvalue weighted by molar-refractivity contribution is -0.386. The van der Waals surface area contributed by atoms with Crippen molar-refractivity contribution < 1.29 is 99.3 Å². The van der Waals surface area contributed by atoms with Gasteiger partial charge in [0.25, 0.3) is 5.79 Å². The maximum atomic E-state index is 12.8. The highest BCUT2D eigenvalue weighted by molar-refractivity contribution is 5.76. The summed E-state index contributed by atoms with van der Waals surface area (Å²) < 4.78 is 33.8. The van der Waals surface area contributed by atoms with Gasteiger partial charge in [-0.1, -0.05) is 83.3 Å². The lowest BCUT2D eigenvalue weighted by Gasteiger charge is -2.50. The molecule has 368 valence electrons. The smallest absolute Gasteiger partial charge is 0.364 e. The second-order valence-electron chi connectivity index (χ2n) is 16.7. The number of nitrogens with one attached hydrogen (secondary N) is 1. The Kier molecular flexibility index (Phi) is 24.2. The minimum atomic E-state index is -3.05. The van der Waals surface area contributed by atoms with E-state index in [9.17, 15) is 70.9 Å². The number of aliphatic hydroxyl groups is 11. The summed E-state index contributed by atoms with van der Waals surface area (Å²) in [5.41, 5.74) is 6.11. The summed E-state index contributed by atoms with van der Waals surface area (Å²) in [6.45, 7) is -0.0151. The van der Waals surface area contributed by atoms with E-state index in [0.29, 0.717) is 0 Å². The molecule has 0 radical (unpaired) electrons. The lowest BCUT2D eigenvalue weighted by atomic mass is 9.88. The molecule has 0 aromatic heterocycles. The number of amides is 1. The van der Waals surface area contributed by atoms with E-state index in [1.54, 1.807) is 6.08 Å². The molecule has 3 aliphatic rings. The highest BCUT2D eigenvalue weighted by atomic mass is 16.8. The van der Waals surface area contributed by atoms with Crippen LogP contribution in [0.1, 0.15) is 97.3 Å². The molecule has 0 aliphatic carbocycles. The monoisotopic (exact) mass is 914 g/mol. The number of aliphatic hydroxyl groups excluding tert-OH is 11. The van der Waals surface area contributed by atoms with Crippen molar-refractivity contribution in [2.24, 2.45) is 5.73 Å². The number of carbonyl (C=O) groups is 2. The molecule has 3 rings (SSSR count). The van der Waals surface area contributed by atoms with Crippen LogP contribution in [-0.2, 0) is 38.0 Å². The Balaban J connectivity index is 1.62. The summed E-state index contributed by atoms with van der Waals surface area (Å²) in [5, 5.41) is 129. The molecule has 0 saturated carbocycles. The zero-order valence-electron chi connectivity index (χ0n) is 36.2. The van der Waals surface area contributed by atoms with Crippen LogP contribution in [0, 0.1) is 0 Å². The third-order valence-corrected chi connectivity index (χ3v) is 11.6. The number of ether oxygens (including phenoxy) is 6. The first-order valence-electron chi connectivity index (χ1n) is 22.1. The fraction of sp³-hybridized carbons (Fsp3) is 0.902. The molecule has 3 heterocycles. The first kappa shape index (κ1) is 55.3. The number of aliphatic carboxylic acids is 1. The van der Waals surface area contributed by atoms with Crippen molar-refractivity contribution in [2.75, 3.05) is 26.4 Å². The number of allylic oxidation sites excluding steroid dienone is 1. The standard InChI is InChI=1S/C41H74N2O20/c1-3-4-5-6-7-8-9-10-11-12-13-14-15-16-24(48)23(42)21-58-38-33(54)32(53)35(28(20-46)60-38)61-39-34(55)37(31(52)27(19-45)59-39)63-41(40(56)57)17-25(49)29(43-22(2)47)36(62-41)30(51)26(50)18-44/h15-16,23-39,44-46,48-55H,3-14,17-21,42H2,1-2H3,(H,43,47)(H,56,57)/b16-15+/t23-,24+,25+,26+,27?,28?,29+,30+,31-,32?,33?,34?,35-,36?,37?,38+,39-,41-/m0/s1. The van der Waals surface area contributed by atoms with E-state index in [0.717, 1.165) is 32.6 Å². The van der Waals surface area contributed by atoms with Gasteiger partial charge in [0.05, 0.1) is 50.7 Å². The second kappa shape index (κ2) is 27.6. The zero-order chi connectivity index (χ0) is 46.9. The molecule has 0 aromatic rings. The van der Waals surface area contributed by atoms with Gasteiger partial charge in [-0.05, 0) is 12.8 Å². The zero-order valence-corrected chi connectivity index (χ0v) is 36.2. The number of hydrogen-bond acceptors (Lipinski definition) is 20. The average Bonchev–Trinajstić information content (AvgIpc) is 3.25. The summed E-state index contributed by atoms with van der Waals surface area (Å²) in [6.07, 6.45) is -11.4. The maximum Gasteiger partial charge on any atom is 0.364 e. The topological polar surface area (TPSA) is 370 Å². The summed E-state index contributed by atoms with van der Waals surface area (Å²) in [7, 11) is 0. The summed E-state index contributed by atoms with van der Waals surface area (Å²) in [6, 6.07) is -2.54. The van der Waals surface area contributed by atoms with Gasteiger partial charge >= 0.3 is 5.97 Å². The van der Waals surface area contributed by atoms with Gasteiger partial charge < -0.3 is 101 Å². The van der Waals surface area contributed by atoms with E-state index in [1.807, 2.05) is 6.08 Å². The molecule has 0 aromatic carbocycles. The van der Waals surface area contributed by atoms with E-state index < -0.39 is 148 Å². The van der Waals surface area contributed by atoms with Crippen molar-refractivity contribution in [3.63, 3.8) is 0 Å². The van der Waals surface area contributed by atoms with Crippen LogP contribution >= 0.6 is 0 Å². The fourth-order valence-corrected chi connectivity index (χ4v) is 7.90. The van der Waals surface area contributed by atoms with Gasteiger partial charge in [-0.2, -0.15) is 0 Å². The van der Waals surface area contributed by atoms with Gasteiger partial charge in [-0.15, -0.1) is 0 Å². The van der Waals surface area contributed by atoms with Crippen LogP contribution in [0.25, 0.3) is 0 Å². The van der Waals surface area contributed by atoms with Crippen LogP contribution in [0.4, 0.5) is 0 Å². The molecule has 3 fully saturated rings. The van der Waals surface area contributed by atoms with Gasteiger partial charge in [-0.25, -0.2) is 4.79 Å².